The molecule has 0 radical (unpaired) electrons. The fourth-order valence-electron chi connectivity index (χ4n) is 10.9. The zero-order valence-corrected chi connectivity index (χ0v) is 25.8. The van der Waals surface area contributed by atoms with Crippen molar-refractivity contribution in [2.75, 3.05) is 19.6 Å². The molecule has 5 heteroatoms. The van der Waals surface area contributed by atoms with Crippen LogP contribution in [0.4, 0.5) is 0 Å². The molecule has 1 saturated heterocycles. The second kappa shape index (κ2) is 11.9. The highest BCUT2D eigenvalue weighted by molar-refractivity contribution is 5.77. The van der Waals surface area contributed by atoms with Crippen molar-refractivity contribution in [1.82, 2.24) is 10.2 Å². The molecule has 1 heterocycles. The quantitative estimate of drug-likeness (QED) is 0.294. The van der Waals surface area contributed by atoms with E-state index in [1.807, 2.05) is 4.90 Å². The molecule has 5 aliphatic rings. The molecule has 3 N–H and O–H groups in total. The van der Waals surface area contributed by atoms with Gasteiger partial charge in [-0.3, -0.25) is 4.79 Å². The minimum atomic E-state index is -0.177. The zero-order valence-electron chi connectivity index (χ0n) is 25.8. The lowest BCUT2D eigenvalue weighted by Gasteiger charge is -2.62. The molecule has 0 unspecified atom stereocenters. The van der Waals surface area contributed by atoms with Crippen LogP contribution in [0, 0.1) is 52.3 Å². The lowest BCUT2D eigenvalue weighted by Crippen LogP contribution is -2.59. The van der Waals surface area contributed by atoms with Gasteiger partial charge in [0, 0.05) is 25.6 Å². The summed E-state index contributed by atoms with van der Waals surface area (Å²) in [6.07, 6.45) is 14.5. The minimum Gasteiger partial charge on any atom is -0.393 e. The van der Waals surface area contributed by atoms with E-state index < -0.39 is 0 Å². The topological polar surface area (TPSA) is 72.8 Å². The summed E-state index contributed by atoms with van der Waals surface area (Å²) in [5.41, 5.74) is 0.722. The summed E-state index contributed by atoms with van der Waals surface area (Å²) in [5.74, 6) is 4.50. The number of amides is 1. The lowest BCUT2D eigenvalue weighted by atomic mass is 9.43. The van der Waals surface area contributed by atoms with Crippen LogP contribution < -0.4 is 5.32 Å². The van der Waals surface area contributed by atoms with E-state index in [1.165, 1.54) is 44.9 Å². The van der Waals surface area contributed by atoms with Crippen molar-refractivity contribution in [3.8, 4) is 0 Å². The van der Waals surface area contributed by atoms with Crippen LogP contribution in [0.15, 0.2) is 0 Å². The van der Waals surface area contributed by atoms with Gasteiger partial charge in [-0.2, -0.15) is 0 Å². The van der Waals surface area contributed by atoms with Crippen LogP contribution in [0.5, 0.6) is 0 Å². The summed E-state index contributed by atoms with van der Waals surface area (Å²) >= 11 is 0. The first-order valence-electron chi connectivity index (χ1n) is 16.9. The Morgan fingerprint density at radius 3 is 2.46 bits per heavy atom. The molecule has 1 aliphatic heterocycles. The zero-order chi connectivity index (χ0) is 27.9. The molecule has 5 nitrogen and oxygen atoms in total. The predicted octanol–water partition coefficient (Wildman–Crippen LogP) is 6.02. The Morgan fingerprint density at radius 1 is 1.00 bits per heavy atom. The van der Waals surface area contributed by atoms with Crippen molar-refractivity contribution in [3.05, 3.63) is 0 Å². The molecule has 0 bridgehead atoms. The van der Waals surface area contributed by atoms with Crippen molar-refractivity contribution < 1.29 is 15.0 Å². The molecule has 0 aromatic rings. The monoisotopic (exact) mass is 544 g/mol. The number of hydrogen-bond acceptors (Lipinski definition) is 4. The van der Waals surface area contributed by atoms with E-state index in [1.54, 1.807) is 0 Å². The number of fused-ring (bicyclic) bond motifs is 5. The van der Waals surface area contributed by atoms with Crippen LogP contribution in [-0.2, 0) is 4.79 Å². The van der Waals surface area contributed by atoms with E-state index in [0.717, 1.165) is 64.1 Å². The van der Waals surface area contributed by atoms with Gasteiger partial charge in [0.1, 0.15) is 0 Å². The van der Waals surface area contributed by atoms with Gasteiger partial charge in [-0.15, -0.1) is 0 Å². The summed E-state index contributed by atoms with van der Waals surface area (Å²) in [6, 6.07) is 0.563. The maximum atomic E-state index is 11.9. The van der Waals surface area contributed by atoms with Gasteiger partial charge in [0.05, 0.1) is 12.2 Å². The molecule has 4 saturated carbocycles. The van der Waals surface area contributed by atoms with Crippen molar-refractivity contribution in [3.63, 3.8) is 0 Å². The Balaban J connectivity index is 1.17. The molecule has 0 aromatic carbocycles. The normalized spacial score (nSPS) is 43.7. The predicted molar refractivity (Wildman–Crippen MR) is 158 cm³/mol. The first kappa shape index (κ1) is 29.8. The molecule has 4 aliphatic carbocycles. The number of aliphatic hydroxyl groups is 2. The van der Waals surface area contributed by atoms with Crippen molar-refractivity contribution in [2.45, 2.75) is 136 Å². The van der Waals surface area contributed by atoms with E-state index >= 15 is 0 Å². The Hall–Kier alpha value is -0.650. The van der Waals surface area contributed by atoms with E-state index in [2.05, 4.69) is 39.9 Å². The van der Waals surface area contributed by atoms with E-state index in [0.29, 0.717) is 58.3 Å². The number of likely N-dealkylation sites (tertiary alicyclic amines) is 1. The average molecular weight is 545 g/mol. The standard InChI is InChI=1S/C34H60N2O3/c1-22(2)29(37)12-9-23(3)26-10-11-27-32-28(14-16-34(26,27)5)33(4)15-13-25(20-24(33)21-30(32)38)35-17-7-19-36-18-6-8-31(36)39/h22-30,32,35,37-38H,6-21H2,1-5H3/t23-,24-,25+,26-,27+,28+,29-,30-,32+,33+,34-/m1/s1. The highest BCUT2D eigenvalue weighted by Gasteiger charge is 2.62. The molecule has 39 heavy (non-hydrogen) atoms. The third kappa shape index (κ3) is 5.72. The van der Waals surface area contributed by atoms with Crippen LogP contribution in [0.1, 0.15) is 118 Å². The number of carbonyl (C=O) groups is 1. The molecule has 0 aromatic heterocycles. The largest absolute Gasteiger partial charge is 0.393 e. The fraction of sp³-hybridized carbons (Fsp3) is 0.971. The molecular formula is C34H60N2O3. The average Bonchev–Trinajstić information content (AvgIpc) is 3.47. The van der Waals surface area contributed by atoms with Crippen LogP contribution in [0.25, 0.3) is 0 Å². The molecule has 11 atom stereocenters. The van der Waals surface area contributed by atoms with Gasteiger partial charge in [-0.05, 0) is 136 Å². The Kier molecular flexibility index (Phi) is 9.12. The number of nitrogens with zero attached hydrogens (tertiary/aromatic N) is 1. The molecule has 1 amide bonds. The minimum absolute atomic E-state index is 0.144. The van der Waals surface area contributed by atoms with E-state index in [4.69, 9.17) is 0 Å². The van der Waals surface area contributed by atoms with Crippen molar-refractivity contribution in [2.24, 2.45) is 52.3 Å². The van der Waals surface area contributed by atoms with Crippen molar-refractivity contribution >= 4 is 5.91 Å². The lowest BCUT2D eigenvalue weighted by molar-refractivity contribution is -0.167. The second-order valence-electron chi connectivity index (χ2n) is 15.7. The number of rotatable bonds is 10. The Labute approximate surface area is 239 Å². The third-order valence-electron chi connectivity index (χ3n) is 13.3. The van der Waals surface area contributed by atoms with Gasteiger partial charge in [0.2, 0.25) is 5.91 Å². The molecule has 5 rings (SSSR count). The summed E-state index contributed by atoms with van der Waals surface area (Å²) in [7, 11) is 0. The van der Waals surface area contributed by atoms with Gasteiger partial charge in [-0.1, -0.05) is 34.6 Å². The smallest absolute Gasteiger partial charge is 0.222 e. The fourth-order valence-corrected chi connectivity index (χ4v) is 10.9. The van der Waals surface area contributed by atoms with E-state index in [-0.39, 0.29) is 12.2 Å². The molecule has 224 valence electrons. The third-order valence-corrected chi connectivity index (χ3v) is 13.3. The number of carbonyl (C=O) groups excluding carboxylic acids is 1. The highest BCUT2D eigenvalue weighted by Crippen LogP contribution is 2.68. The summed E-state index contributed by atoms with van der Waals surface area (Å²) in [5, 5.41) is 26.0. The first-order chi connectivity index (χ1) is 18.5. The van der Waals surface area contributed by atoms with Crippen LogP contribution in [-0.4, -0.2) is 58.9 Å². The number of hydrogen-bond donors (Lipinski definition) is 3. The van der Waals surface area contributed by atoms with Gasteiger partial charge < -0.3 is 20.4 Å². The SMILES string of the molecule is CC(C)[C@H](O)CC[C@@H](C)[C@H]1CC[C@H]2[C@@H]3[C@H](O)C[C@H]4C[C@@H](NCCCN5CCCC5=O)CC[C@]4(C)[C@H]3CC[C@]12C. The molecule has 0 spiro atoms. The van der Waals surface area contributed by atoms with Crippen molar-refractivity contribution in [1.29, 1.82) is 0 Å². The highest BCUT2D eigenvalue weighted by atomic mass is 16.3. The molecular weight excluding hydrogens is 484 g/mol. The Morgan fingerprint density at radius 2 is 1.74 bits per heavy atom. The summed E-state index contributed by atoms with van der Waals surface area (Å²) in [4.78, 5) is 13.9. The molecule has 5 fully saturated rings. The number of aliphatic hydroxyl groups excluding tert-OH is 2. The maximum absolute atomic E-state index is 11.9. The van der Waals surface area contributed by atoms with Gasteiger partial charge in [-0.25, -0.2) is 0 Å². The summed E-state index contributed by atoms with van der Waals surface area (Å²) in [6.45, 7) is 14.7. The van der Waals surface area contributed by atoms with Crippen LogP contribution in [0.3, 0.4) is 0 Å². The first-order valence-corrected chi connectivity index (χ1v) is 16.9. The van der Waals surface area contributed by atoms with Crippen LogP contribution >= 0.6 is 0 Å². The van der Waals surface area contributed by atoms with Gasteiger partial charge in [0.25, 0.3) is 0 Å². The van der Waals surface area contributed by atoms with Gasteiger partial charge in [0.15, 0.2) is 0 Å². The number of nitrogens with one attached hydrogen (secondary N) is 1. The Bertz CT molecular complexity index is 848. The second-order valence-corrected chi connectivity index (χ2v) is 15.7. The van der Waals surface area contributed by atoms with E-state index in [9.17, 15) is 15.0 Å². The summed E-state index contributed by atoms with van der Waals surface area (Å²) < 4.78 is 0. The maximum Gasteiger partial charge on any atom is 0.222 e. The van der Waals surface area contributed by atoms with Gasteiger partial charge >= 0.3 is 0 Å². The van der Waals surface area contributed by atoms with Crippen LogP contribution in [0.2, 0.25) is 0 Å².